The monoisotopic (exact) mass is 333 g/mol. The van der Waals surface area contributed by atoms with Crippen LogP contribution in [-0.2, 0) is 9.53 Å². The van der Waals surface area contributed by atoms with Crippen molar-refractivity contribution in [3.63, 3.8) is 0 Å². The lowest BCUT2D eigenvalue weighted by molar-refractivity contribution is -0.146. The van der Waals surface area contributed by atoms with Crippen LogP contribution < -0.4 is 15.1 Å². The van der Waals surface area contributed by atoms with Crippen LogP contribution in [-0.4, -0.2) is 33.3 Å². The first-order valence-electron chi connectivity index (χ1n) is 7.56. The lowest BCUT2D eigenvalue weighted by Gasteiger charge is -2.31. The molecule has 6 heteroatoms. The maximum atomic E-state index is 12.8. The Labute approximate surface area is 138 Å². The summed E-state index contributed by atoms with van der Waals surface area (Å²) in [5.74, 6) is 0.469. The van der Waals surface area contributed by atoms with E-state index in [-0.39, 0.29) is 17.3 Å². The molecule has 2 heterocycles. The first kappa shape index (κ1) is 15.8. The van der Waals surface area contributed by atoms with E-state index in [9.17, 15) is 9.59 Å². The van der Waals surface area contributed by atoms with Crippen molar-refractivity contribution < 1.29 is 14.3 Å². The van der Waals surface area contributed by atoms with Crippen molar-refractivity contribution in [2.75, 3.05) is 32.2 Å². The van der Waals surface area contributed by atoms with Gasteiger partial charge in [0.1, 0.15) is 5.75 Å². The molecule has 0 bridgehead atoms. The molecule has 2 aromatic rings. The molecule has 0 spiro atoms. The summed E-state index contributed by atoms with van der Waals surface area (Å²) >= 11 is 1.55. The molecule has 0 amide bonds. The normalized spacial score (nSPS) is 15.7. The summed E-state index contributed by atoms with van der Waals surface area (Å²) in [6.07, 6.45) is 1.43. The summed E-state index contributed by atoms with van der Waals surface area (Å²) in [7, 11) is 3.01. The van der Waals surface area contributed by atoms with Gasteiger partial charge in [0.05, 0.1) is 25.8 Å². The second-order valence-corrected chi connectivity index (χ2v) is 6.51. The van der Waals surface area contributed by atoms with Crippen molar-refractivity contribution in [1.82, 2.24) is 0 Å². The van der Waals surface area contributed by atoms with Crippen molar-refractivity contribution in [1.29, 1.82) is 0 Å². The summed E-state index contributed by atoms with van der Waals surface area (Å²) in [5, 5.41) is 2.59. The largest absolute Gasteiger partial charge is 0.497 e. The molecule has 1 aromatic heterocycles. The standard InChI is InChI=1S/C17H19NO4S/c1-21-12-3-4-15-13(9-12)16(19)14(10-23-15)18-7-5-11(6-8-18)17(20)22-2/h3-4,9-11H,5-8H2,1-2H3. The van der Waals surface area contributed by atoms with Gasteiger partial charge in [-0.15, -0.1) is 11.3 Å². The highest BCUT2D eigenvalue weighted by Gasteiger charge is 2.26. The maximum Gasteiger partial charge on any atom is 0.308 e. The molecule has 0 N–H and O–H groups in total. The zero-order valence-corrected chi connectivity index (χ0v) is 14.0. The van der Waals surface area contributed by atoms with Gasteiger partial charge in [0.25, 0.3) is 0 Å². The Morgan fingerprint density at radius 2 is 2.00 bits per heavy atom. The minimum absolute atomic E-state index is 0.0224. The smallest absolute Gasteiger partial charge is 0.308 e. The highest BCUT2D eigenvalue weighted by atomic mass is 32.1. The van der Waals surface area contributed by atoms with Gasteiger partial charge in [0.15, 0.2) is 0 Å². The fourth-order valence-corrected chi connectivity index (χ4v) is 3.89. The number of fused-ring (bicyclic) bond motifs is 1. The van der Waals surface area contributed by atoms with Gasteiger partial charge < -0.3 is 14.4 Å². The van der Waals surface area contributed by atoms with E-state index < -0.39 is 0 Å². The summed E-state index contributed by atoms with van der Waals surface area (Å²) in [6, 6.07) is 5.56. The molecule has 0 saturated carbocycles. The SMILES string of the molecule is COC(=O)C1CCN(c2csc3ccc(OC)cc3c2=O)CC1. The number of piperidine rings is 1. The minimum Gasteiger partial charge on any atom is -0.497 e. The van der Waals surface area contributed by atoms with E-state index in [1.54, 1.807) is 24.5 Å². The quantitative estimate of drug-likeness (QED) is 0.808. The zero-order valence-electron chi connectivity index (χ0n) is 13.2. The Morgan fingerprint density at radius 3 is 2.65 bits per heavy atom. The molecule has 0 aliphatic carbocycles. The molecule has 0 atom stereocenters. The number of anilines is 1. The molecular formula is C17H19NO4S. The number of hydrogen-bond donors (Lipinski definition) is 0. The van der Waals surface area contributed by atoms with Crippen LogP contribution in [0.25, 0.3) is 10.1 Å². The third kappa shape index (κ3) is 3.03. The fourth-order valence-electron chi connectivity index (χ4n) is 2.97. The summed E-state index contributed by atoms with van der Waals surface area (Å²) in [5.41, 5.74) is 0.730. The molecule has 3 rings (SSSR count). The van der Waals surface area contributed by atoms with Crippen LogP contribution in [0.15, 0.2) is 28.4 Å². The van der Waals surface area contributed by atoms with Gasteiger partial charge in [-0.2, -0.15) is 0 Å². The average Bonchev–Trinajstić information content (AvgIpc) is 2.61. The zero-order chi connectivity index (χ0) is 16.4. The van der Waals surface area contributed by atoms with Crippen molar-refractivity contribution in [2.45, 2.75) is 12.8 Å². The summed E-state index contributed by atoms with van der Waals surface area (Å²) in [6.45, 7) is 1.38. The van der Waals surface area contributed by atoms with Gasteiger partial charge >= 0.3 is 5.97 Å². The van der Waals surface area contributed by atoms with Gasteiger partial charge in [0.2, 0.25) is 5.43 Å². The summed E-state index contributed by atoms with van der Waals surface area (Å²) < 4.78 is 11.0. The van der Waals surface area contributed by atoms with Crippen molar-refractivity contribution in [3.8, 4) is 5.75 Å². The van der Waals surface area contributed by atoms with Gasteiger partial charge in [-0.25, -0.2) is 0 Å². The van der Waals surface area contributed by atoms with Crippen LogP contribution in [0.1, 0.15) is 12.8 Å². The topological polar surface area (TPSA) is 55.8 Å². The number of rotatable bonds is 3. The van der Waals surface area contributed by atoms with Crippen molar-refractivity contribution >= 4 is 33.1 Å². The second-order valence-electron chi connectivity index (χ2n) is 5.60. The number of methoxy groups -OCH3 is 2. The molecule has 1 fully saturated rings. The number of benzene rings is 1. The lowest BCUT2D eigenvalue weighted by Crippen LogP contribution is -2.38. The number of esters is 1. The molecule has 1 aliphatic heterocycles. The number of ether oxygens (including phenoxy) is 2. The van der Waals surface area contributed by atoms with Crippen LogP contribution in [0.3, 0.4) is 0 Å². The van der Waals surface area contributed by atoms with E-state index in [1.807, 2.05) is 17.5 Å². The summed E-state index contributed by atoms with van der Waals surface area (Å²) in [4.78, 5) is 26.5. The molecular weight excluding hydrogens is 314 g/mol. The van der Waals surface area contributed by atoms with Gasteiger partial charge in [-0.3, -0.25) is 9.59 Å². The predicted octanol–water partition coefficient (Wildman–Crippen LogP) is 2.66. The van der Waals surface area contributed by atoms with Crippen molar-refractivity contribution in [3.05, 3.63) is 33.8 Å². The molecule has 5 nitrogen and oxygen atoms in total. The molecule has 0 unspecified atom stereocenters. The number of hydrogen-bond acceptors (Lipinski definition) is 6. The van der Waals surface area contributed by atoms with E-state index in [2.05, 4.69) is 4.90 Å². The van der Waals surface area contributed by atoms with E-state index in [4.69, 9.17) is 9.47 Å². The predicted molar refractivity (Wildman–Crippen MR) is 91.6 cm³/mol. The Kier molecular flexibility index (Phi) is 4.52. The Bertz CT molecular complexity index is 778. The number of carbonyl (C=O) groups is 1. The van der Waals surface area contributed by atoms with Crippen LogP contribution in [0.2, 0.25) is 0 Å². The van der Waals surface area contributed by atoms with E-state index in [0.717, 1.165) is 4.70 Å². The molecule has 1 aromatic carbocycles. The molecule has 1 saturated heterocycles. The molecule has 23 heavy (non-hydrogen) atoms. The average molecular weight is 333 g/mol. The van der Waals surface area contributed by atoms with Crippen molar-refractivity contribution in [2.24, 2.45) is 5.92 Å². The number of carbonyl (C=O) groups excluding carboxylic acids is 1. The first-order valence-corrected chi connectivity index (χ1v) is 8.44. The van der Waals surface area contributed by atoms with Crippen LogP contribution in [0, 0.1) is 5.92 Å². The van der Waals surface area contributed by atoms with Crippen LogP contribution in [0.4, 0.5) is 5.69 Å². The van der Waals surface area contributed by atoms with Crippen LogP contribution in [0.5, 0.6) is 5.75 Å². The third-order valence-electron chi connectivity index (χ3n) is 4.33. The Hall–Kier alpha value is -2.08. The molecule has 122 valence electrons. The first-order chi connectivity index (χ1) is 11.1. The fraction of sp³-hybridized carbons (Fsp3) is 0.412. The minimum atomic E-state index is -0.155. The third-order valence-corrected chi connectivity index (χ3v) is 5.28. The number of nitrogens with zero attached hydrogens (tertiary/aromatic N) is 1. The van der Waals surface area contributed by atoms with Gasteiger partial charge in [-0.05, 0) is 31.0 Å². The van der Waals surface area contributed by atoms with Crippen LogP contribution >= 0.6 is 11.3 Å². The van der Waals surface area contributed by atoms with E-state index in [0.29, 0.717) is 42.8 Å². The second kappa shape index (κ2) is 6.58. The van der Waals surface area contributed by atoms with Gasteiger partial charge in [-0.1, -0.05) is 0 Å². The maximum absolute atomic E-state index is 12.8. The molecule has 0 radical (unpaired) electrons. The Balaban J connectivity index is 1.88. The Morgan fingerprint density at radius 1 is 1.26 bits per heavy atom. The molecule has 1 aliphatic rings. The van der Waals surface area contributed by atoms with E-state index >= 15 is 0 Å². The highest BCUT2D eigenvalue weighted by Crippen LogP contribution is 2.27. The highest BCUT2D eigenvalue weighted by molar-refractivity contribution is 7.16. The lowest BCUT2D eigenvalue weighted by atomic mass is 9.97. The van der Waals surface area contributed by atoms with Gasteiger partial charge in [0, 0.05) is 28.6 Å². The van der Waals surface area contributed by atoms with E-state index in [1.165, 1.54) is 7.11 Å².